The minimum absolute atomic E-state index is 0.0717. The van der Waals surface area contributed by atoms with Crippen molar-refractivity contribution < 1.29 is 15.3 Å². The van der Waals surface area contributed by atoms with E-state index in [-0.39, 0.29) is 17.2 Å². The summed E-state index contributed by atoms with van der Waals surface area (Å²) in [4.78, 5) is 6.73. The Labute approximate surface area is 193 Å². The lowest BCUT2D eigenvalue weighted by atomic mass is 10.1. The highest BCUT2D eigenvalue weighted by atomic mass is 79.9. The molecule has 0 radical (unpaired) electrons. The molecular weight excluding hydrogens is 474 g/mol. The summed E-state index contributed by atoms with van der Waals surface area (Å²) in [5.74, 6) is 0.762. The smallest absolute Gasteiger partial charge is 0.172 e. The van der Waals surface area contributed by atoms with Crippen LogP contribution in [0.5, 0.6) is 17.2 Å². The highest BCUT2D eigenvalue weighted by molar-refractivity contribution is 9.10. The average molecular weight is 498 g/mol. The summed E-state index contributed by atoms with van der Waals surface area (Å²) in [5, 5.41) is 37.7. The quantitative estimate of drug-likeness (QED) is 0.213. The fraction of sp³-hybridized carbons (Fsp3) is 0.217. The molecule has 2 aromatic carbocycles. The lowest BCUT2D eigenvalue weighted by molar-refractivity contribution is 0.315. The van der Waals surface area contributed by atoms with E-state index in [1.807, 2.05) is 25.2 Å². The molecule has 0 spiro atoms. The van der Waals surface area contributed by atoms with Gasteiger partial charge in [-0.25, -0.2) is 4.98 Å². The van der Waals surface area contributed by atoms with Crippen molar-refractivity contribution in [2.75, 3.05) is 25.5 Å². The van der Waals surface area contributed by atoms with Crippen LogP contribution in [0, 0.1) is 0 Å². The van der Waals surface area contributed by atoms with E-state index in [1.54, 1.807) is 35.0 Å². The average Bonchev–Trinajstić information content (AvgIpc) is 3.15. The van der Waals surface area contributed by atoms with E-state index >= 15 is 0 Å². The number of benzene rings is 2. The second-order valence-electron chi connectivity index (χ2n) is 7.57. The normalized spacial score (nSPS) is 11.3. The third-order valence-corrected chi connectivity index (χ3v) is 5.73. The highest BCUT2D eigenvalue weighted by Gasteiger charge is 2.14. The van der Waals surface area contributed by atoms with Crippen molar-refractivity contribution in [2.45, 2.75) is 13.0 Å². The topological polar surface area (TPSA) is 106 Å². The molecule has 0 atom stereocenters. The fourth-order valence-electron chi connectivity index (χ4n) is 3.53. The van der Waals surface area contributed by atoms with Gasteiger partial charge in [-0.3, -0.25) is 0 Å². The summed E-state index contributed by atoms with van der Waals surface area (Å²) >= 11 is 3.49. The number of fused-ring (bicyclic) bond motifs is 1. The predicted molar refractivity (Wildman–Crippen MR) is 127 cm³/mol. The minimum Gasteiger partial charge on any atom is -0.507 e. The third-order valence-electron chi connectivity index (χ3n) is 5.17. The van der Waals surface area contributed by atoms with Gasteiger partial charge in [0.15, 0.2) is 17.1 Å². The minimum atomic E-state index is -0.107. The molecule has 0 aliphatic rings. The highest BCUT2D eigenvalue weighted by Crippen LogP contribution is 2.31. The zero-order valence-corrected chi connectivity index (χ0v) is 19.1. The maximum atomic E-state index is 10.2. The van der Waals surface area contributed by atoms with E-state index in [2.05, 4.69) is 36.2 Å². The third kappa shape index (κ3) is 4.63. The summed E-state index contributed by atoms with van der Waals surface area (Å²) in [6.45, 7) is 2.00. The molecule has 4 aromatic rings. The number of nitrogens with one attached hydrogen (secondary N) is 1. The van der Waals surface area contributed by atoms with E-state index in [1.165, 1.54) is 6.07 Å². The van der Waals surface area contributed by atoms with E-state index in [0.29, 0.717) is 35.6 Å². The molecule has 2 heterocycles. The first-order chi connectivity index (χ1) is 15.4. The zero-order valence-electron chi connectivity index (χ0n) is 17.5. The maximum absolute atomic E-state index is 10.2. The Hall–Kier alpha value is -3.30. The van der Waals surface area contributed by atoms with Gasteiger partial charge in [-0.1, -0.05) is 24.3 Å². The number of hydrogen-bond acceptors (Lipinski definition) is 7. The van der Waals surface area contributed by atoms with Crippen LogP contribution in [0.2, 0.25) is 0 Å². The number of halogens is 1. The molecule has 0 unspecified atom stereocenters. The number of phenols is 3. The molecule has 166 valence electrons. The van der Waals surface area contributed by atoms with Crippen molar-refractivity contribution in [3.05, 3.63) is 64.8 Å². The molecule has 0 fully saturated rings. The Balaban J connectivity index is 1.44. The van der Waals surface area contributed by atoms with Gasteiger partial charge >= 0.3 is 0 Å². The van der Waals surface area contributed by atoms with Crippen LogP contribution in [0.15, 0.2) is 59.2 Å². The molecule has 9 heteroatoms. The number of aromatic nitrogens is 3. The molecule has 0 bridgehead atoms. The number of phenolic OH excluding ortho intramolecular Hbond substituents is 3. The van der Waals surface area contributed by atoms with Gasteiger partial charge in [0, 0.05) is 30.3 Å². The molecule has 2 aromatic heterocycles. The van der Waals surface area contributed by atoms with Gasteiger partial charge in [0.1, 0.15) is 11.6 Å². The summed E-state index contributed by atoms with van der Waals surface area (Å²) in [6, 6.07) is 14.0. The van der Waals surface area contributed by atoms with E-state index in [9.17, 15) is 15.3 Å². The van der Waals surface area contributed by atoms with E-state index in [0.717, 1.165) is 23.3 Å². The molecule has 0 saturated carbocycles. The van der Waals surface area contributed by atoms with Crippen LogP contribution in [0.1, 0.15) is 12.0 Å². The summed E-state index contributed by atoms with van der Waals surface area (Å²) < 4.78 is 2.49. The fourth-order valence-corrected chi connectivity index (χ4v) is 3.88. The SMILES string of the molecule is CN(CCCNc1cc(-c2ccccc2O)nc2c(Br)cnn12)Cc1cccc(O)c1O. The van der Waals surface area contributed by atoms with Crippen LogP contribution in [0.25, 0.3) is 16.9 Å². The molecule has 0 amide bonds. The van der Waals surface area contributed by atoms with Crippen LogP contribution in [-0.4, -0.2) is 55.0 Å². The van der Waals surface area contributed by atoms with Gasteiger partial charge < -0.3 is 25.5 Å². The number of para-hydroxylation sites is 2. The first kappa shape index (κ1) is 21.9. The number of nitrogens with zero attached hydrogens (tertiary/aromatic N) is 4. The Bertz CT molecular complexity index is 1240. The van der Waals surface area contributed by atoms with Crippen LogP contribution < -0.4 is 5.32 Å². The molecular formula is C23H24BrN5O3. The Kier molecular flexibility index (Phi) is 6.48. The van der Waals surface area contributed by atoms with Gasteiger partial charge in [0.2, 0.25) is 0 Å². The molecule has 8 nitrogen and oxygen atoms in total. The van der Waals surface area contributed by atoms with Gasteiger partial charge in [-0.2, -0.15) is 9.61 Å². The zero-order chi connectivity index (χ0) is 22.7. The van der Waals surface area contributed by atoms with Crippen molar-refractivity contribution in [3.8, 4) is 28.5 Å². The van der Waals surface area contributed by atoms with Gasteiger partial charge in [-0.05, 0) is 54.1 Å². The van der Waals surface area contributed by atoms with Crippen LogP contribution in [0.4, 0.5) is 5.82 Å². The molecule has 0 saturated heterocycles. The first-order valence-electron chi connectivity index (χ1n) is 10.2. The van der Waals surface area contributed by atoms with Crippen molar-refractivity contribution in [3.63, 3.8) is 0 Å². The van der Waals surface area contributed by atoms with Crippen molar-refractivity contribution >= 4 is 27.4 Å². The number of hydrogen-bond donors (Lipinski definition) is 4. The monoisotopic (exact) mass is 497 g/mol. The second-order valence-corrected chi connectivity index (χ2v) is 8.43. The lowest BCUT2D eigenvalue weighted by Gasteiger charge is -2.18. The number of rotatable bonds is 8. The largest absolute Gasteiger partial charge is 0.507 e. The van der Waals surface area contributed by atoms with E-state index < -0.39 is 0 Å². The van der Waals surface area contributed by atoms with Gasteiger partial charge in [0.05, 0.1) is 16.4 Å². The van der Waals surface area contributed by atoms with Crippen LogP contribution in [-0.2, 0) is 6.54 Å². The molecule has 4 rings (SSSR count). The standard InChI is InChI=1S/C23H24BrN5O3/c1-28(14-15-6-4-9-20(31)22(15)32)11-5-10-25-21-12-18(16-7-2-3-8-19(16)30)27-23-17(24)13-26-29(21)23/h2-4,6-9,12-13,25,30-32H,5,10-11,14H2,1H3. The maximum Gasteiger partial charge on any atom is 0.172 e. The molecule has 4 N–H and O–H groups in total. The van der Waals surface area contributed by atoms with Crippen LogP contribution >= 0.6 is 15.9 Å². The first-order valence-corrected chi connectivity index (χ1v) is 11.0. The Morgan fingerprint density at radius 2 is 1.84 bits per heavy atom. The van der Waals surface area contributed by atoms with Gasteiger partial charge in [0.25, 0.3) is 0 Å². The summed E-state index contributed by atoms with van der Waals surface area (Å²) in [7, 11) is 1.97. The second kappa shape index (κ2) is 9.46. The number of anilines is 1. The van der Waals surface area contributed by atoms with Crippen molar-refractivity contribution in [2.24, 2.45) is 0 Å². The van der Waals surface area contributed by atoms with Crippen LogP contribution in [0.3, 0.4) is 0 Å². The van der Waals surface area contributed by atoms with Gasteiger partial charge in [-0.15, -0.1) is 0 Å². The summed E-state index contributed by atoms with van der Waals surface area (Å²) in [6.07, 6.45) is 2.53. The predicted octanol–water partition coefficient (Wildman–Crippen LogP) is 4.21. The Morgan fingerprint density at radius 1 is 1.06 bits per heavy atom. The van der Waals surface area contributed by atoms with Crippen molar-refractivity contribution in [1.82, 2.24) is 19.5 Å². The van der Waals surface area contributed by atoms with E-state index in [4.69, 9.17) is 0 Å². The van der Waals surface area contributed by atoms with Crippen molar-refractivity contribution in [1.29, 1.82) is 0 Å². The number of aromatic hydroxyl groups is 3. The lowest BCUT2D eigenvalue weighted by Crippen LogP contribution is -2.21. The summed E-state index contributed by atoms with van der Waals surface area (Å²) in [5.41, 5.74) is 2.64. The Morgan fingerprint density at radius 3 is 2.66 bits per heavy atom. The molecule has 32 heavy (non-hydrogen) atoms. The molecule has 0 aliphatic carbocycles. The molecule has 0 aliphatic heterocycles.